The molecule has 17 heavy (non-hydrogen) atoms. The van der Waals surface area contributed by atoms with Crippen molar-refractivity contribution in [2.24, 2.45) is 0 Å². The lowest BCUT2D eigenvalue weighted by Crippen LogP contribution is -2.13. The third-order valence-electron chi connectivity index (χ3n) is 2.23. The van der Waals surface area contributed by atoms with E-state index in [1.165, 1.54) is 0 Å². The second-order valence-corrected chi connectivity index (χ2v) is 3.84. The van der Waals surface area contributed by atoms with E-state index in [9.17, 15) is 0 Å². The highest BCUT2D eigenvalue weighted by Gasteiger charge is 2.01. The van der Waals surface area contributed by atoms with Crippen LogP contribution < -0.4 is 9.64 Å². The Kier molecular flexibility index (Phi) is 3.55. The maximum Gasteiger partial charge on any atom is 0.225 e. The normalized spacial score (nSPS) is 10.0. The Morgan fingerprint density at radius 3 is 2.59 bits per heavy atom. The average molecular weight is 229 g/mol. The average Bonchev–Trinajstić information content (AvgIpc) is 2.38. The molecule has 4 nitrogen and oxygen atoms in total. The van der Waals surface area contributed by atoms with E-state index < -0.39 is 0 Å². The first-order valence-corrected chi connectivity index (χ1v) is 5.43. The van der Waals surface area contributed by atoms with Crippen LogP contribution in [0.5, 0.6) is 5.75 Å². The molecule has 2 aromatic rings. The van der Waals surface area contributed by atoms with Crippen molar-refractivity contribution in [3.8, 4) is 5.75 Å². The molecule has 0 saturated heterocycles. The fourth-order valence-corrected chi connectivity index (χ4v) is 1.35. The number of rotatable bonds is 4. The van der Waals surface area contributed by atoms with Gasteiger partial charge >= 0.3 is 0 Å². The van der Waals surface area contributed by atoms with Crippen molar-refractivity contribution in [3.63, 3.8) is 0 Å². The first-order valence-electron chi connectivity index (χ1n) is 5.43. The molecule has 1 aromatic carbocycles. The van der Waals surface area contributed by atoms with Crippen molar-refractivity contribution in [1.82, 2.24) is 9.97 Å². The molecule has 0 N–H and O–H groups in total. The monoisotopic (exact) mass is 229 g/mol. The molecule has 4 heteroatoms. The van der Waals surface area contributed by atoms with E-state index in [0.717, 1.165) is 11.4 Å². The second kappa shape index (κ2) is 5.30. The van der Waals surface area contributed by atoms with E-state index in [1.54, 1.807) is 6.20 Å². The summed E-state index contributed by atoms with van der Waals surface area (Å²) < 4.78 is 5.62. The lowest BCUT2D eigenvalue weighted by atomic mass is 10.3. The number of anilines is 1. The summed E-state index contributed by atoms with van der Waals surface area (Å²) in [6, 6.07) is 11.6. The fraction of sp³-hybridized carbons (Fsp3) is 0.231. The van der Waals surface area contributed by atoms with Crippen molar-refractivity contribution in [2.75, 3.05) is 19.0 Å². The Balaban J connectivity index is 2.02. The van der Waals surface area contributed by atoms with Crippen LogP contribution >= 0.6 is 0 Å². The van der Waals surface area contributed by atoms with Crippen LogP contribution in [-0.2, 0) is 6.61 Å². The number of nitrogens with zero attached hydrogens (tertiary/aromatic N) is 3. The molecule has 0 bridgehead atoms. The summed E-state index contributed by atoms with van der Waals surface area (Å²) in [4.78, 5) is 10.4. The third kappa shape index (κ3) is 3.17. The minimum Gasteiger partial charge on any atom is -0.487 e. The van der Waals surface area contributed by atoms with Gasteiger partial charge in [-0.2, -0.15) is 0 Å². The highest BCUT2D eigenvalue weighted by Crippen LogP contribution is 2.11. The van der Waals surface area contributed by atoms with Gasteiger partial charge in [-0.15, -0.1) is 0 Å². The van der Waals surface area contributed by atoms with Gasteiger partial charge in [0.05, 0.1) is 5.69 Å². The van der Waals surface area contributed by atoms with Crippen LogP contribution in [0.1, 0.15) is 5.69 Å². The van der Waals surface area contributed by atoms with Gasteiger partial charge < -0.3 is 9.64 Å². The van der Waals surface area contributed by atoms with E-state index in [1.807, 2.05) is 55.4 Å². The molecule has 1 aromatic heterocycles. The van der Waals surface area contributed by atoms with Crippen LogP contribution in [0.2, 0.25) is 0 Å². The van der Waals surface area contributed by atoms with E-state index in [0.29, 0.717) is 12.6 Å². The third-order valence-corrected chi connectivity index (χ3v) is 2.23. The van der Waals surface area contributed by atoms with Gasteiger partial charge in [0.15, 0.2) is 0 Å². The summed E-state index contributed by atoms with van der Waals surface area (Å²) in [6.45, 7) is 0.452. The molecule has 0 saturated carbocycles. The SMILES string of the molecule is CN(C)c1nccc(COc2ccccc2)n1. The van der Waals surface area contributed by atoms with Crippen LogP contribution in [0.4, 0.5) is 5.95 Å². The fourth-order valence-electron chi connectivity index (χ4n) is 1.35. The van der Waals surface area contributed by atoms with Crippen molar-refractivity contribution in [1.29, 1.82) is 0 Å². The Labute approximate surface area is 101 Å². The molecule has 0 spiro atoms. The number of aromatic nitrogens is 2. The smallest absolute Gasteiger partial charge is 0.225 e. The Morgan fingerprint density at radius 2 is 1.88 bits per heavy atom. The molecule has 0 atom stereocenters. The predicted molar refractivity (Wildman–Crippen MR) is 67.1 cm³/mol. The molecule has 0 fully saturated rings. The highest BCUT2D eigenvalue weighted by atomic mass is 16.5. The second-order valence-electron chi connectivity index (χ2n) is 3.84. The molecular weight excluding hydrogens is 214 g/mol. The molecule has 0 aliphatic heterocycles. The van der Waals surface area contributed by atoms with Crippen LogP contribution in [0.25, 0.3) is 0 Å². The van der Waals surface area contributed by atoms with Gasteiger partial charge in [-0.1, -0.05) is 18.2 Å². The van der Waals surface area contributed by atoms with Gasteiger partial charge in [0.25, 0.3) is 0 Å². The zero-order chi connectivity index (χ0) is 12.1. The molecule has 88 valence electrons. The number of hydrogen-bond donors (Lipinski definition) is 0. The van der Waals surface area contributed by atoms with Gasteiger partial charge in [0, 0.05) is 20.3 Å². The number of para-hydroxylation sites is 1. The van der Waals surface area contributed by atoms with Gasteiger partial charge in [0.1, 0.15) is 12.4 Å². The summed E-state index contributed by atoms with van der Waals surface area (Å²) in [5.41, 5.74) is 0.868. The zero-order valence-corrected chi connectivity index (χ0v) is 10.00. The van der Waals surface area contributed by atoms with Gasteiger partial charge in [0.2, 0.25) is 5.95 Å². The number of hydrogen-bond acceptors (Lipinski definition) is 4. The maximum absolute atomic E-state index is 5.62. The minimum absolute atomic E-state index is 0.452. The first kappa shape index (κ1) is 11.4. The van der Waals surface area contributed by atoms with Crippen LogP contribution in [-0.4, -0.2) is 24.1 Å². The molecule has 2 rings (SSSR count). The largest absolute Gasteiger partial charge is 0.487 e. The van der Waals surface area contributed by atoms with Gasteiger partial charge in [-0.05, 0) is 18.2 Å². The van der Waals surface area contributed by atoms with Crippen molar-refractivity contribution < 1.29 is 4.74 Å². The quantitative estimate of drug-likeness (QED) is 0.805. The standard InChI is InChI=1S/C13H15N3O/c1-16(2)13-14-9-8-11(15-13)10-17-12-6-4-3-5-7-12/h3-9H,10H2,1-2H3. The highest BCUT2D eigenvalue weighted by molar-refractivity contribution is 5.27. The molecular formula is C13H15N3O. The number of ether oxygens (including phenoxy) is 1. The Bertz CT molecular complexity index is 471. The Morgan fingerprint density at radius 1 is 1.12 bits per heavy atom. The maximum atomic E-state index is 5.62. The summed E-state index contributed by atoms with van der Waals surface area (Å²) in [6.07, 6.45) is 1.74. The van der Waals surface area contributed by atoms with Crippen LogP contribution in [0, 0.1) is 0 Å². The van der Waals surface area contributed by atoms with Gasteiger partial charge in [-0.3, -0.25) is 0 Å². The van der Waals surface area contributed by atoms with Crippen molar-refractivity contribution >= 4 is 5.95 Å². The molecule has 0 radical (unpaired) electrons. The lowest BCUT2D eigenvalue weighted by Gasteiger charge is -2.11. The summed E-state index contributed by atoms with van der Waals surface area (Å²) in [5, 5.41) is 0. The van der Waals surface area contributed by atoms with Crippen molar-refractivity contribution in [3.05, 3.63) is 48.3 Å². The topological polar surface area (TPSA) is 38.2 Å². The minimum atomic E-state index is 0.452. The molecule has 0 amide bonds. The van der Waals surface area contributed by atoms with Crippen molar-refractivity contribution in [2.45, 2.75) is 6.61 Å². The molecule has 0 aliphatic carbocycles. The summed E-state index contributed by atoms with van der Waals surface area (Å²) in [5.74, 6) is 1.54. The van der Waals surface area contributed by atoms with E-state index in [4.69, 9.17) is 4.74 Å². The summed E-state index contributed by atoms with van der Waals surface area (Å²) in [7, 11) is 3.83. The van der Waals surface area contributed by atoms with E-state index in [-0.39, 0.29) is 0 Å². The predicted octanol–water partition coefficient (Wildman–Crippen LogP) is 2.12. The first-order chi connectivity index (χ1) is 8.25. The van der Waals surface area contributed by atoms with E-state index in [2.05, 4.69) is 9.97 Å². The summed E-state index contributed by atoms with van der Waals surface area (Å²) >= 11 is 0. The van der Waals surface area contributed by atoms with Crippen LogP contribution in [0.3, 0.4) is 0 Å². The van der Waals surface area contributed by atoms with Gasteiger partial charge in [-0.25, -0.2) is 9.97 Å². The van der Waals surface area contributed by atoms with E-state index >= 15 is 0 Å². The lowest BCUT2D eigenvalue weighted by molar-refractivity contribution is 0.301. The molecule has 1 heterocycles. The number of benzene rings is 1. The Hall–Kier alpha value is -2.10. The van der Waals surface area contributed by atoms with Crippen LogP contribution in [0.15, 0.2) is 42.6 Å². The molecule has 0 unspecified atom stereocenters. The molecule has 0 aliphatic rings. The zero-order valence-electron chi connectivity index (χ0n) is 10.00.